The van der Waals surface area contributed by atoms with Crippen LogP contribution in [0, 0.1) is 5.92 Å². The molecular weight excluding hydrogens is 240 g/mol. The van der Waals surface area contributed by atoms with Crippen LogP contribution in [0.1, 0.15) is 49.4 Å². The molecule has 2 rings (SSSR count). The first kappa shape index (κ1) is 13.9. The lowest BCUT2D eigenvalue weighted by molar-refractivity contribution is 0.0886. The average molecular weight is 262 g/mol. The van der Waals surface area contributed by atoms with Gasteiger partial charge >= 0.3 is 0 Å². The standard InChI is InChI=1S/C16H22O3/c1-3-19-13-9-10-15(18-2)14(11-13)16(17)12-7-5-4-6-8-12/h9-12H,3-8H2,1-2H3. The van der Waals surface area contributed by atoms with Crippen molar-refractivity contribution in [2.45, 2.75) is 39.0 Å². The van der Waals surface area contributed by atoms with Crippen LogP contribution in [0.25, 0.3) is 0 Å². The van der Waals surface area contributed by atoms with Crippen LogP contribution in [0.4, 0.5) is 0 Å². The van der Waals surface area contributed by atoms with E-state index in [0.717, 1.165) is 31.4 Å². The third-order valence-corrected chi connectivity index (χ3v) is 3.72. The molecule has 0 bridgehead atoms. The third-order valence-electron chi connectivity index (χ3n) is 3.72. The van der Waals surface area contributed by atoms with Crippen molar-refractivity contribution in [3.63, 3.8) is 0 Å². The summed E-state index contributed by atoms with van der Waals surface area (Å²) in [5.74, 6) is 1.75. The molecule has 1 aromatic rings. The van der Waals surface area contributed by atoms with Crippen molar-refractivity contribution in [3.8, 4) is 11.5 Å². The van der Waals surface area contributed by atoms with Crippen LogP contribution in [0.3, 0.4) is 0 Å². The van der Waals surface area contributed by atoms with E-state index in [0.29, 0.717) is 17.9 Å². The van der Waals surface area contributed by atoms with Gasteiger partial charge in [0.2, 0.25) is 0 Å². The van der Waals surface area contributed by atoms with Crippen molar-refractivity contribution in [2.75, 3.05) is 13.7 Å². The second kappa shape index (κ2) is 6.60. The van der Waals surface area contributed by atoms with Crippen molar-refractivity contribution in [3.05, 3.63) is 23.8 Å². The highest BCUT2D eigenvalue weighted by molar-refractivity contribution is 6.00. The molecule has 0 radical (unpaired) electrons. The molecule has 0 spiro atoms. The first-order chi connectivity index (χ1) is 9.26. The maximum atomic E-state index is 12.6. The molecule has 0 saturated heterocycles. The summed E-state index contributed by atoms with van der Waals surface area (Å²) < 4.78 is 10.8. The van der Waals surface area contributed by atoms with Gasteiger partial charge in [0.25, 0.3) is 0 Å². The molecule has 0 aliphatic heterocycles. The quantitative estimate of drug-likeness (QED) is 0.756. The molecule has 0 atom stereocenters. The van der Waals surface area contributed by atoms with Gasteiger partial charge < -0.3 is 9.47 Å². The van der Waals surface area contributed by atoms with E-state index in [1.54, 1.807) is 7.11 Å². The summed E-state index contributed by atoms with van der Waals surface area (Å²) >= 11 is 0. The lowest BCUT2D eigenvalue weighted by atomic mass is 9.83. The van der Waals surface area contributed by atoms with Crippen LogP contribution in [0.5, 0.6) is 11.5 Å². The van der Waals surface area contributed by atoms with Crippen LogP contribution in [0.2, 0.25) is 0 Å². The molecule has 1 fully saturated rings. The predicted octanol–water partition coefficient (Wildman–Crippen LogP) is 3.86. The number of ketones is 1. The average Bonchev–Trinajstić information content (AvgIpc) is 2.47. The molecule has 19 heavy (non-hydrogen) atoms. The number of methoxy groups -OCH3 is 1. The Morgan fingerprint density at radius 2 is 2.00 bits per heavy atom. The molecular formula is C16H22O3. The molecule has 0 N–H and O–H groups in total. The lowest BCUT2D eigenvalue weighted by Crippen LogP contribution is -2.18. The van der Waals surface area contributed by atoms with E-state index < -0.39 is 0 Å². The van der Waals surface area contributed by atoms with Crippen LogP contribution < -0.4 is 9.47 Å². The smallest absolute Gasteiger partial charge is 0.169 e. The Morgan fingerprint density at radius 3 is 2.63 bits per heavy atom. The van der Waals surface area contributed by atoms with Gasteiger partial charge in [0.05, 0.1) is 19.3 Å². The highest BCUT2D eigenvalue weighted by Crippen LogP contribution is 2.32. The van der Waals surface area contributed by atoms with Crippen molar-refractivity contribution >= 4 is 5.78 Å². The van der Waals surface area contributed by atoms with Crippen LogP contribution in [-0.4, -0.2) is 19.5 Å². The molecule has 0 amide bonds. The minimum absolute atomic E-state index is 0.152. The molecule has 0 heterocycles. The van der Waals surface area contributed by atoms with Gasteiger partial charge in [0.15, 0.2) is 5.78 Å². The number of ether oxygens (including phenoxy) is 2. The van der Waals surface area contributed by atoms with Gasteiger partial charge in [-0.1, -0.05) is 19.3 Å². The lowest BCUT2D eigenvalue weighted by Gasteiger charge is -2.21. The van der Waals surface area contributed by atoms with Gasteiger partial charge in [-0.05, 0) is 38.0 Å². The van der Waals surface area contributed by atoms with E-state index in [2.05, 4.69) is 0 Å². The summed E-state index contributed by atoms with van der Waals surface area (Å²) in [6.45, 7) is 2.54. The van der Waals surface area contributed by atoms with Crippen LogP contribution in [0.15, 0.2) is 18.2 Å². The number of hydrogen-bond acceptors (Lipinski definition) is 3. The fourth-order valence-corrected chi connectivity index (χ4v) is 2.72. The topological polar surface area (TPSA) is 35.5 Å². The second-order valence-electron chi connectivity index (χ2n) is 4.99. The van der Waals surface area contributed by atoms with E-state index in [1.165, 1.54) is 6.42 Å². The van der Waals surface area contributed by atoms with Gasteiger partial charge in [-0.15, -0.1) is 0 Å². The minimum atomic E-state index is 0.152. The van der Waals surface area contributed by atoms with E-state index in [4.69, 9.17) is 9.47 Å². The van der Waals surface area contributed by atoms with E-state index in [9.17, 15) is 4.79 Å². The molecule has 104 valence electrons. The zero-order valence-electron chi connectivity index (χ0n) is 11.8. The minimum Gasteiger partial charge on any atom is -0.496 e. The molecule has 1 aliphatic rings. The number of carbonyl (C=O) groups is 1. The predicted molar refractivity (Wildman–Crippen MR) is 75.1 cm³/mol. The normalized spacial score (nSPS) is 16.1. The zero-order valence-corrected chi connectivity index (χ0v) is 11.8. The Kier molecular flexibility index (Phi) is 4.83. The first-order valence-electron chi connectivity index (χ1n) is 7.11. The van der Waals surface area contributed by atoms with E-state index in [-0.39, 0.29) is 11.7 Å². The van der Waals surface area contributed by atoms with Crippen molar-refractivity contribution in [1.29, 1.82) is 0 Å². The second-order valence-corrected chi connectivity index (χ2v) is 4.99. The van der Waals surface area contributed by atoms with Crippen molar-refractivity contribution < 1.29 is 14.3 Å². The molecule has 3 heteroatoms. The van der Waals surface area contributed by atoms with E-state index >= 15 is 0 Å². The Morgan fingerprint density at radius 1 is 1.26 bits per heavy atom. The Bertz CT molecular complexity index is 434. The Hall–Kier alpha value is -1.51. The van der Waals surface area contributed by atoms with Gasteiger partial charge in [-0.2, -0.15) is 0 Å². The highest BCUT2D eigenvalue weighted by atomic mass is 16.5. The highest BCUT2D eigenvalue weighted by Gasteiger charge is 2.25. The maximum absolute atomic E-state index is 12.6. The molecule has 3 nitrogen and oxygen atoms in total. The Labute approximate surface area is 114 Å². The maximum Gasteiger partial charge on any atom is 0.169 e. The molecule has 0 aromatic heterocycles. The number of benzene rings is 1. The summed E-state index contributed by atoms with van der Waals surface area (Å²) in [4.78, 5) is 12.6. The van der Waals surface area contributed by atoms with E-state index in [1.807, 2.05) is 25.1 Å². The van der Waals surface area contributed by atoms with Crippen LogP contribution in [-0.2, 0) is 0 Å². The number of carbonyl (C=O) groups excluding carboxylic acids is 1. The summed E-state index contributed by atoms with van der Waals surface area (Å²) in [5.41, 5.74) is 0.667. The first-order valence-corrected chi connectivity index (χ1v) is 7.11. The Balaban J connectivity index is 2.24. The molecule has 0 unspecified atom stereocenters. The number of hydrogen-bond donors (Lipinski definition) is 0. The van der Waals surface area contributed by atoms with Gasteiger partial charge in [-0.3, -0.25) is 4.79 Å². The number of Topliss-reactive ketones (excluding diaryl/α,β-unsaturated/α-hetero) is 1. The monoisotopic (exact) mass is 262 g/mol. The largest absolute Gasteiger partial charge is 0.496 e. The summed E-state index contributed by atoms with van der Waals surface area (Å²) in [6.07, 6.45) is 5.56. The summed E-state index contributed by atoms with van der Waals surface area (Å²) in [5, 5.41) is 0. The van der Waals surface area contributed by atoms with Crippen molar-refractivity contribution in [1.82, 2.24) is 0 Å². The fraction of sp³-hybridized carbons (Fsp3) is 0.562. The fourth-order valence-electron chi connectivity index (χ4n) is 2.72. The summed E-state index contributed by atoms with van der Waals surface area (Å²) in [6, 6.07) is 5.49. The SMILES string of the molecule is CCOc1ccc(OC)c(C(=O)C2CCCCC2)c1. The van der Waals surface area contributed by atoms with Gasteiger partial charge in [0, 0.05) is 5.92 Å². The van der Waals surface area contributed by atoms with Gasteiger partial charge in [0.1, 0.15) is 11.5 Å². The molecule has 1 aromatic carbocycles. The number of rotatable bonds is 5. The third kappa shape index (κ3) is 3.28. The van der Waals surface area contributed by atoms with Crippen LogP contribution >= 0.6 is 0 Å². The molecule has 1 saturated carbocycles. The van der Waals surface area contributed by atoms with Gasteiger partial charge in [-0.25, -0.2) is 0 Å². The molecule has 1 aliphatic carbocycles. The van der Waals surface area contributed by atoms with Crippen molar-refractivity contribution in [2.24, 2.45) is 5.92 Å². The summed E-state index contributed by atoms with van der Waals surface area (Å²) in [7, 11) is 1.60. The zero-order chi connectivity index (χ0) is 13.7.